The normalized spacial score (nSPS) is 8.93. The Labute approximate surface area is 109 Å². The second-order valence-electron chi connectivity index (χ2n) is 2.42. The second-order valence-corrected chi connectivity index (χ2v) is 3.30. The van der Waals surface area contributed by atoms with Crippen LogP contribution >= 0.6 is 11.9 Å². The first-order valence-electron chi connectivity index (χ1n) is 3.73. The van der Waals surface area contributed by atoms with Crippen molar-refractivity contribution in [3.63, 3.8) is 0 Å². The molecular weight excluding hydrogens is 209 g/mol. The molecule has 5 N–H and O–H groups in total. The van der Waals surface area contributed by atoms with Gasteiger partial charge in [0.2, 0.25) is 0 Å². The van der Waals surface area contributed by atoms with E-state index in [1.54, 1.807) is 0 Å². The number of rotatable bonds is 3. The zero-order valence-electron chi connectivity index (χ0n) is 6.99. The van der Waals surface area contributed by atoms with E-state index in [1.807, 2.05) is 24.3 Å². The maximum atomic E-state index is 10.4. The van der Waals surface area contributed by atoms with Crippen LogP contribution in [0.2, 0.25) is 0 Å². The van der Waals surface area contributed by atoms with Crippen molar-refractivity contribution in [2.24, 2.45) is 11.5 Å². The van der Waals surface area contributed by atoms with E-state index in [0.717, 1.165) is 10.5 Å². The predicted octanol–water partition coefficient (Wildman–Crippen LogP) is 0.172. The van der Waals surface area contributed by atoms with Gasteiger partial charge in [-0.3, -0.25) is 4.72 Å². The summed E-state index contributed by atoms with van der Waals surface area (Å²) >= 11 is 1.18. The first-order valence-corrected chi connectivity index (χ1v) is 4.55. The third kappa shape index (κ3) is 4.88. The van der Waals surface area contributed by atoms with Crippen molar-refractivity contribution in [1.82, 2.24) is 4.72 Å². The Morgan fingerprint density at radius 3 is 2.36 bits per heavy atom. The fourth-order valence-corrected chi connectivity index (χ4v) is 1.29. The molecule has 0 aliphatic rings. The average Bonchev–Trinajstić information content (AvgIpc) is 2.15. The molecule has 0 radical (unpaired) electrons. The van der Waals surface area contributed by atoms with Crippen LogP contribution in [0.4, 0.5) is 4.79 Å². The maximum absolute atomic E-state index is 10.4. The molecule has 0 unspecified atom stereocenters. The number of amides is 2. The van der Waals surface area contributed by atoms with Crippen molar-refractivity contribution >= 4 is 47.5 Å². The number of benzene rings is 1. The summed E-state index contributed by atoms with van der Waals surface area (Å²) in [7, 11) is 0. The molecule has 0 aliphatic carbocycles. The number of urea groups is 1. The first-order chi connectivity index (χ1) is 6.22. The minimum atomic E-state index is -0.548. The molecule has 0 saturated heterocycles. The summed E-state index contributed by atoms with van der Waals surface area (Å²) in [5, 5.41) is 0. The van der Waals surface area contributed by atoms with Crippen molar-refractivity contribution in [2.75, 3.05) is 0 Å². The molecule has 0 spiro atoms. The van der Waals surface area contributed by atoms with Crippen LogP contribution in [0.3, 0.4) is 0 Å². The number of carbonyl (C=O) groups excluding carboxylic acids is 1. The summed E-state index contributed by atoms with van der Waals surface area (Å²) in [4.78, 5) is 11.3. The second kappa shape index (κ2) is 7.14. The molecule has 4 nitrogen and oxygen atoms in total. The molecule has 6 heteroatoms. The van der Waals surface area contributed by atoms with Crippen molar-refractivity contribution in [3.05, 3.63) is 29.8 Å². The SMILES string of the molecule is NCc1ccc(SNC(N)=O)cc1.[NaH]. The quantitative estimate of drug-likeness (QED) is 0.503. The fourth-order valence-electron chi connectivity index (χ4n) is 0.803. The van der Waals surface area contributed by atoms with E-state index >= 15 is 0 Å². The Hall–Kier alpha value is -0.200. The zero-order chi connectivity index (χ0) is 9.68. The Balaban J connectivity index is 0.00000169. The zero-order valence-corrected chi connectivity index (χ0v) is 7.80. The Morgan fingerprint density at radius 1 is 1.36 bits per heavy atom. The topological polar surface area (TPSA) is 81.1 Å². The summed E-state index contributed by atoms with van der Waals surface area (Å²) in [6, 6.07) is 7.02. The van der Waals surface area contributed by atoms with Gasteiger partial charge < -0.3 is 11.5 Å². The molecule has 0 heterocycles. The van der Waals surface area contributed by atoms with Gasteiger partial charge in [0.25, 0.3) is 0 Å². The van der Waals surface area contributed by atoms with E-state index in [4.69, 9.17) is 11.5 Å². The van der Waals surface area contributed by atoms with Gasteiger partial charge in [0, 0.05) is 11.4 Å². The van der Waals surface area contributed by atoms with E-state index in [1.165, 1.54) is 11.9 Å². The minimum absolute atomic E-state index is 0. The van der Waals surface area contributed by atoms with Gasteiger partial charge in [-0.05, 0) is 29.6 Å². The number of carbonyl (C=O) groups is 1. The van der Waals surface area contributed by atoms with E-state index < -0.39 is 6.03 Å². The third-order valence-electron chi connectivity index (χ3n) is 1.43. The molecule has 0 atom stereocenters. The van der Waals surface area contributed by atoms with E-state index in [9.17, 15) is 4.79 Å². The van der Waals surface area contributed by atoms with Gasteiger partial charge in [0.05, 0.1) is 0 Å². The molecule has 2 amide bonds. The van der Waals surface area contributed by atoms with Gasteiger partial charge in [-0.1, -0.05) is 12.1 Å². The Kier molecular flexibility index (Phi) is 7.04. The predicted molar refractivity (Wildman–Crippen MR) is 60.1 cm³/mol. The molecule has 1 rings (SSSR count). The monoisotopic (exact) mass is 221 g/mol. The summed E-state index contributed by atoms with van der Waals surface area (Å²) in [6.07, 6.45) is 0. The third-order valence-corrected chi connectivity index (χ3v) is 2.24. The number of primary amides is 1. The summed E-state index contributed by atoms with van der Waals surface area (Å²) in [6.45, 7) is 0.522. The van der Waals surface area contributed by atoms with E-state index in [-0.39, 0.29) is 29.6 Å². The van der Waals surface area contributed by atoms with Crippen LogP contribution in [0.15, 0.2) is 29.2 Å². The van der Waals surface area contributed by atoms with E-state index in [2.05, 4.69) is 4.72 Å². The van der Waals surface area contributed by atoms with Gasteiger partial charge in [-0.15, -0.1) is 0 Å². The molecule has 14 heavy (non-hydrogen) atoms. The fraction of sp³-hybridized carbons (Fsp3) is 0.125. The Morgan fingerprint density at radius 2 is 1.93 bits per heavy atom. The number of nitrogens with one attached hydrogen (secondary N) is 1. The van der Waals surface area contributed by atoms with Crippen LogP contribution in [-0.2, 0) is 6.54 Å². The van der Waals surface area contributed by atoms with Crippen LogP contribution in [-0.4, -0.2) is 35.6 Å². The van der Waals surface area contributed by atoms with Gasteiger partial charge in [0.1, 0.15) is 0 Å². The number of hydrogen-bond acceptors (Lipinski definition) is 3. The molecule has 0 bridgehead atoms. The average molecular weight is 221 g/mol. The van der Waals surface area contributed by atoms with Gasteiger partial charge in [-0.25, -0.2) is 4.79 Å². The molecule has 0 aliphatic heterocycles. The van der Waals surface area contributed by atoms with Gasteiger partial charge in [0.15, 0.2) is 0 Å². The number of hydrogen-bond donors (Lipinski definition) is 3. The molecule has 0 fully saturated rings. The van der Waals surface area contributed by atoms with Crippen LogP contribution < -0.4 is 16.2 Å². The van der Waals surface area contributed by atoms with Crippen molar-refractivity contribution in [3.8, 4) is 0 Å². The van der Waals surface area contributed by atoms with Crippen molar-refractivity contribution in [2.45, 2.75) is 11.4 Å². The molecule has 1 aromatic carbocycles. The summed E-state index contributed by atoms with van der Waals surface area (Å²) < 4.78 is 2.42. The Bertz CT molecular complexity index is 291. The first kappa shape index (κ1) is 13.8. The van der Waals surface area contributed by atoms with E-state index in [0.29, 0.717) is 6.54 Å². The summed E-state index contributed by atoms with van der Waals surface area (Å²) in [5.74, 6) is 0. The van der Waals surface area contributed by atoms with Crippen LogP contribution in [0.5, 0.6) is 0 Å². The van der Waals surface area contributed by atoms with Crippen LogP contribution in [0.25, 0.3) is 0 Å². The van der Waals surface area contributed by atoms with Crippen molar-refractivity contribution in [1.29, 1.82) is 0 Å². The molecule has 1 aromatic rings. The van der Waals surface area contributed by atoms with Crippen LogP contribution in [0, 0.1) is 0 Å². The van der Waals surface area contributed by atoms with Crippen molar-refractivity contribution < 1.29 is 4.79 Å². The van der Waals surface area contributed by atoms with Gasteiger partial charge in [-0.2, -0.15) is 0 Å². The standard InChI is InChI=1S/C8H11N3OS.Na.H/c9-5-6-1-3-7(4-2-6)13-11-8(10)12;;/h1-4H,5,9H2,(H3,10,11,12);;. The van der Waals surface area contributed by atoms with Crippen LogP contribution in [0.1, 0.15) is 5.56 Å². The molecule has 72 valence electrons. The molecule has 0 saturated carbocycles. The molecule has 0 aromatic heterocycles. The number of nitrogens with two attached hydrogens (primary N) is 2. The summed E-state index contributed by atoms with van der Waals surface area (Å²) in [5.41, 5.74) is 11.4. The molecular formula is C8H12N3NaOS. The van der Waals surface area contributed by atoms with Gasteiger partial charge >= 0.3 is 35.6 Å².